The van der Waals surface area contributed by atoms with E-state index in [1.54, 1.807) is 42.5 Å². The summed E-state index contributed by atoms with van der Waals surface area (Å²) in [5.74, 6) is -1.34. The Morgan fingerprint density at radius 2 is 1.52 bits per heavy atom. The molecule has 6 heteroatoms. The predicted molar refractivity (Wildman–Crippen MR) is 103 cm³/mol. The second-order valence-corrected chi connectivity index (χ2v) is 8.01. The molecule has 0 aromatic heterocycles. The van der Waals surface area contributed by atoms with Crippen LogP contribution in [-0.4, -0.2) is 4.89 Å². The first-order chi connectivity index (χ1) is 13.1. The van der Waals surface area contributed by atoms with Gasteiger partial charge in [-0.1, -0.05) is 78.9 Å². The summed E-state index contributed by atoms with van der Waals surface area (Å²) in [5.41, 5.74) is 1.82. The summed E-state index contributed by atoms with van der Waals surface area (Å²) in [4.78, 5) is 10.6. The maximum Gasteiger partial charge on any atom is 0.349 e. The Balaban J connectivity index is 1.78. The molecule has 2 atom stereocenters. The van der Waals surface area contributed by atoms with Crippen molar-refractivity contribution in [1.29, 1.82) is 0 Å². The molecule has 2 unspecified atom stereocenters. The summed E-state index contributed by atoms with van der Waals surface area (Å²) in [6.07, 6.45) is 0. The van der Waals surface area contributed by atoms with Crippen LogP contribution in [0.2, 0.25) is 0 Å². The van der Waals surface area contributed by atoms with Gasteiger partial charge < -0.3 is 9.42 Å². The summed E-state index contributed by atoms with van der Waals surface area (Å²) < 4.78 is 32.3. The van der Waals surface area contributed by atoms with Crippen molar-refractivity contribution in [2.45, 2.75) is 18.9 Å². The van der Waals surface area contributed by atoms with Crippen LogP contribution in [0.1, 0.15) is 22.5 Å². The van der Waals surface area contributed by atoms with Crippen molar-refractivity contribution in [2.75, 3.05) is 0 Å². The molecule has 27 heavy (non-hydrogen) atoms. The van der Waals surface area contributed by atoms with Gasteiger partial charge in [0.25, 0.3) is 0 Å². The van der Waals surface area contributed by atoms with Crippen molar-refractivity contribution < 1.29 is 18.4 Å². The molecule has 0 bridgehead atoms. The van der Waals surface area contributed by atoms with E-state index in [4.69, 9.17) is 4.52 Å². The van der Waals surface area contributed by atoms with E-state index in [1.165, 1.54) is 6.07 Å². The Hall–Kier alpha value is -2.30. The van der Waals surface area contributed by atoms with Crippen molar-refractivity contribution in [2.24, 2.45) is 0 Å². The molecule has 0 aliphatic rings. The van der Waals surface area contributed by atoms with Crippen molar-refractivity contribution >= 4 is 7.60 Å². The summed E-state index contributed by atoms with van der Waals surface area (Å²) in [5, 5.41) is 2.99. The average molecular weight is 385 g/mol. The summed E-state index contributed by atoms with van der Waals surface area (Å²) >= 11 is 0. The molecular weight excluding hydrogens is 364 g/mol. The molecule has 0 saturated carbocycles. The van der Waals surface area contributed by atoms with Crippen LogP contribution in [0, 0.1) is 5.82 Å². The third-order valence-corrected chi connectivity index (χ3v) is 5.78. The monoisotopic (exact) mass is 385 g/mol. The molecule has 3 aromatic carbocycles. The van der Waals surface area contributed by atoms with E-state index in [-0.39, 0.29) is 19.0 Å². The normalized spacial score (nSPS) is 14.4. The lowest BCUT2D eigenvalue weighted by atomic mass is 10.2. The Morgan fingerprint density at radius 1 is 0.926 bits per heavy atom. The number of hydrogen-bond donors (Lipinski definition) is 2. The lowest BCUT2D eigenvalue weighted by Gasteiger charge is -2.24. The minimum Gasteiger partial charge on any atom is -0.323 e. The molecular formula is C21H21FNO3P. The molecule has 3 aromatic rings. The van der Waals surface area contributed by atoms with Gasteiger partial charge in [0, 0.05) is 12.1 Å². The van der Waals surface area contributed by atoms with Crippen molar-refractivity contribution in [1.82, 2.24) is 5.32 Å². The molecule has 0 heterocycles. The van der Waals surface area contributed by atoms with Gasteiger partial charge in [-0.2, -0.15) is 0 Å². The van der Waals surface area contributed by atoms with E-state index < -0.39 is 13.4 Å². The first-order valence-corrected chi connectivity index (χ1v) is 10.2. The van der Waals surface area contributed by atoms with Gasteiger partial charge in [0.05, 0.1) is 6.61 Å². The van der Waals surface area contributed by atoms with Crippen LogP contribution in [-0.2, 0) is 22.2 Å². The number of benzene rings is 3. The largest absolute Gasteiger partial charge is 0.349 e. The standard InChI is InChI=1S/C21H21FNO3P/c22-20-14-8-7-13-19(20)15-23-21(18-11-5-2-6-12-18)27(24,25)26-16-17-9-3-1-4-10-17/h1-14,21,23H,15-16H2,(H,24,25). The number of rotatable bonds is 8. The van der Waals surface area contributed by atoms with Crippen LogP contribution < -0.4 is 5.32 Å². The van der Waals surface area contributed by atoms with E-state index in [9.17, 15) is 13.8 Å². The van der Waals surface area contributed by atoms with Crippen LogP contribution in [0.4, 0.5) is 4.39 Å². The zero-order chi connectivity index (χ0) is 19.1. The van der Waals surface area contributed by atoms with Gasteiger partial charge >= 0.3 is 7.60 Å². The van der Waals surface area contributed by atoms with Crippen LogP contribution in [0.25, 0.3) is 0 Å². The van der Waals surface area contributed by atoms with Gasteiger partial charge in [0.2, 0.25) is 0 Å². The summed E-state index contributed by atoms with van der Waals surface area (Å²) in [6, 6.07) is 24.4. The molecule has 4 nitrogen and oxygen atoms in total. The van der Waals surface area contributed by atoms with E-state index >= 15 is 0 Å². The highest BCUT2D eigenvalue weighted by molar-refractivity contribution is 7.53. The molecule has 0 saturated heterocycles. The molecule has 0 aliphatic carbocycles. The highest BCUT2D eigenvalue weighted by atomic mass is 31.2. The minimum absolute atomic E-state index is 0.0132. The first kappa shape index (κ1) is 19.5. The smallest absolute Gasteiger partial charge is 0.323 e. The van der Waals surface area contributed by atoms with E-state index in [2.05, 4.69) is 5.32 Å². The molecule has 0 fully saturated rings. The average Bonchev–Trinajstić information content (AvgIpc) is 2.69. The SMILES string of the molecule is O=P(O)(OCc1ccccc1)C(NCc1ccccc1F)c1ccccc1. The van der Waals surface area contributed by atoms with Gasteiger partial charge in [-0.05, 0) is 17.2 Å². The van der Waals surface area contributed by atoms with Crippen molar-refractivity contribution in [3.63, 3.8) is 0 Å². The lowest BCUT2D eigenvalue weighted by Crippen LogP contribution is -2.22. The fraction of sp³-hybridized carbons (Fsp3) is 0.143. The third-order valence-electron chi connectivity index (χ3n) is 4.14. The Kier molecular flexibility index (Phi) is 6.54. The molecule has 0 amide bonds. The van der Waals surface area contributed by atoms with Gasteiger partial charge in [-0.3, -0.25) is 9.88 Å². The maximum atomic E-state index is 13.9. The third kappa shape index (κ3) is 5.34. The van der Waals surface area contributed by atoms with Gasteiger partial charge in [-0.15, -0.1) is 0 Å². The highest BCUT2D eigenvalue weighted by Crippen LogP contribution is 2.55. The maximum absolute atomic E-state index is 13.9. The molecule has 2 N–H and O–H groups in total. The highest BCUT2D eigenvalue weighted by Gasteiger charge is 2.33. The van der Waals surface area contributed by atoms with Crippen molar-refractivity contribution in [3.05, 3.63) is 107 Å². The fourth-order valence-corrected chi connectivity index (χ4v) is 4.08. The predicted octanol–water partition coefficient (Wildman–Crippen LogP) is 5.02. The van der Waals surface area contributed by atoms with Crippen LogP contribution >= 0.6 is 7.60 Å². The quantitative estimate of drug-likeness (QED) is 0.535. The molecule has 0 radical (unpaired) electrons. The second kappa shape index (κ2) is 9.07. The Labute approximate surface area is 158 Å². The van der Waals surface area contributed by atoms with Gasteiger partial charge in [0.15, 0.2) is 0 Å². The second-order valence-electron chi connectivity index (χ2n) is 6.11. The van der Waals surface area contributed by atoms with Crippen LogP contribution in [0.3, 0.4) is 0 Å². The molecule has 140 valence electrons. The fourth-order valence-electron chi connectivity index (χ4n) is 2.72. The van der Waals surface area contributed by atoms with E-state index in [0.29, 0.717) is 11.1 Å². The van der Waals surface area contributed by atoms with Crippen LogP contribution in [0.15, 0.2) is 84.9 Å². The molecule has 3 rings (SSSR count). The number of nitrogens with one attached hydrogen (secondary N) is 1. The summed E-state index contributed by atoms with van der Waals surface area (Å²) in [6.45, 7) is 0.116. The minimum atomic E-state index is -4.08. The molecule has 0 aliphatic heterocycles. The lowest BCUT2D eigenvalue weighted by molar-refractivity contribution is 0.236. The van der Waals surface area contributed by atoms with Gasteiger partial charge in [-0.25, -0.2) is 4.39 Å². The number of halogens is 1. The zero-order valence-electron chi connectivity index (χ0n) is 14.7. The summed E-state index contributed by atoms with van der Waals surface area (Å²) in [7, 11) is -4.08. The zero-order valence-corrected chi connectivity index (χ0v) is 15.6. The van der Waals surface area contributed by atoms with Crippen molar-refractivity contribution in [3.8, 4) is 0 Å². The first-order valence-electron chi connectivity index (χ1n) is 8.59. The topological polar surface area (TPSA) is 58.6 Å². The van der Waals surface area contributed by atoms with Crippen LogP contribution in [0.5, 0.6) is 0 Å². The van der Waals surface area contributed by atoms with Gasteiger partial charge in [0.1, 0.15) is 11.6 Å². The van der Waals surface area contributed by atoms with E-state index in [0.717, 1.165) is 5.56 Å². The number of hydrogen-bond acceptors (Lipinski definition) is 3. The Bertz CT molecular complexity index is 906. The van der Waals surface area contributed by atoms with E-state index in [1.807, 2.05) is 36.4 Å². The Morgan fingerprint density at radius 3 is 2.19 bits per heavy atom. The molecule has 0 spiro atoms.